The van der Waals surface area contributed by atoms with Crippen LogP contribution in [0.4, 0.5) is 11.6 Å². The number of nitrogens with two attached hydrogens (primary N) is 1. The standard InChI is InChI=1S/C11H20N6O/c1-4-8-15-9(6-10(16-8)17-12)14-7(3)11(18)13-5-2/h6-7H,4-5,12H2,1-3H3,(H,13,18)(H2,14,15,16,17). The fourth-order valence-electron chi connectivity index (χ4n) is 1.42. The molecule has 1 aromatic heterocycles. The summed E-state index contributed by atoms with van der Waals surface area (Å²) in [4.78, 5) is 20.1. The second-order valence-corrected chi connectivity index (χ2v) is 3.81. The van der Waals surface area contributed by atoms with Gasteiger partial charge < -0.3 is 16.1 Å². The first-order valence-corrected chi connectivity index (χ1v) is 5.99. The quantitative estimate of drug-likeness (QED) is 0.427. The van der Waals surface area contributed by atoms with Gasteiger partial charge in [0.25, 0.3) is 0 Å². The van der Waals surface area contributed by atoms with Crippen LogP contribution in [0, 0.1) is 0 Å². The van der Waals surface area contributed by atoms with Crippen LogP contribution in [0.1, 0.15) is 26.6 Å². The molecule has 1 heterocycles. The molecular formula is C11H20N6O. The van der Waals surface area contributed by atoms with Gasteiger partial charge in [0.05, 0.1) is 0 Å². The highest BCUT2D eigenvalue weighted by atomic mass is 16.2. The summed E-state index contributed by atoms with van der Waals surface area (Å²) in [5.41, 5.74) is 2.48. The first-order chi connectivity index (χ1) is 8.60. The number of aryl methyl sites for hydroxylation is 1. The van der Waals surface area contributed by atoms with Gasteiger partial charge in [-0.25, -0.2) is 15.8 Å². The van der Waals surface area contributed by atoms with Gasteiger partial charge in [-0.05, 0) is 13.8 Å². The molecule has 100 valence electrons. The normalized spacial score (nSPS) is 11.8. The number of hydrazine groups is 1. The minimum atomic E-state index is -0.366. The average molecular weight is 252 g/mol. The summed E-state index contributed by atoms with van der Waals surface area (Å²) in [6.07, 6.45) is 0.694. The Kier molecular flexibility index (Phi) is 5.31. The van der Waals surface area contributed by atoms with Crippen LogP contribution in [0.5, 0.6) is 0 Å². The molecular weight excluding hydrogens is 232 g/mol. The van der Waals surface area contributed by atoms with Crippen LogP contribution in [0.15, 0.2) is 6.07 Å². The van der Waals surface area contributed by atoms with Crippen molar-refractivity contribution in [3.8, 4) is 0 Å². The van der Waals surface area contributed by atoms with Crippen molar-refractivity contribution >= 4 is 17.5 Å². The highest BCUT2D eigenvalue weighted by molar-refractivity contribution is 5.83. The summed E-state index contributed by atoms with van der Waals surface area (Å²) in [5, 5.41) is 5.75. The number of hydrogen-bond donors (Lipinski definition) is 4. The molecule has 0 aliphatic rings. The molecule has 0 aliphatic heterocycles. The van der Waals surface area contributed by atoms with Crippen molar-refractivity contribution < 1.29 is 4.79 Å². The summed E-state index contributed by atoms with van der Waals surface area (Å²) in [6.45, 7) is 6.20. The van der Waals surface area contributed by atoms with Crippen LogP contribution in [0.3, 0.4) is 0 Å². The third-order valence-corrected chi connectivity index (χ3v) is 2.35. The van der Waals surface area contributed by atoms with E-state index >= 15 is 0 Å². The van der Waals surface area contributed by atoms with Crippen LogP contribution in [0.2, 0.25) is 0 Å². The van der Waals surface area contributed by atoms with Gasteiger partial charge in [-0.2, -0.15) is 0 Å². The third-order valence-electron chi connectivity index (χ3n) is 2.35. The molecule has 0 saturated carbocycles. The zero-order valence-electron chi connectivity index (χ0n) is 10.9. The summed E-state index contributed by atoms with van der Waals surface area (Å²) in [7, 11) is 0. The van der Waals surface area contributed by atoms with Gasteiger partial charge >= 0.3 is 0 Å². The smallest absolute Gasteiger partial charge is 0.242 e. The molecule has 1 amide bonds. The maximum Gasteiger partial charge on any atom is 0.242 e. The van der Waals surface area contributed by atoms with Gasteiger partial charge in [-0.15, -0.1) is 0 Å². The van der Waals surface area contributed by atoms with E-state index < -0.39 is 0 Å². The first-order valence-electron chi connectivity index (χ1n) is 5.99. The monoisotopic (exact) mass is 252 g/mol. The number of rotatable bonds is 6. The Bertz CT molecular complexity index is 386. The van der Waals surface area contributed by atoms with E-state index in [1.807, 2.05) is 13.8 Å². The second-order valence-electron chi connectivity index (χ2n) is 3.81. The summed E-state index contributed by atoms with van der Waals surface area (Å²) in [6, 6.07) is 1.30. The van der Waals surface area contributed by atoms with E-state index in [9.17, 15) is 4.79 Å². The molecule has 1 atom stereocenters. The number of carbonyl (C=O) groups excluding carboxylic acids is 1. The number of aromatic nitrogens is 2. The van der Waals surface area contributed by atoms with Crippen LogP contribution in [-0.2, 0) is 11.2 Å². The highest BCUT2D eigenvalue weighted by Crippen LogP contribution is 2.11. The van der Waals surface area contributed by atoms with Crippen LogP contribution in [-0.4, -0.2) is 28.5 Å². The molecule has 0 fully saturated rings. The van der Waals surface area contributed by atoms with Crippen molar-refractivity contribution in [3.63, 3.8) is 0 Å². The van der Waals surface area contributed by atoms with Gasteiger partial charge in [0.1, 0.15) is 23.5 Å². The predicted octanol–water partition coefficient (Wildman–Crippen LogP) is 0.261. The van der Waals surface area contributed by atoms with Crippen molar-refractivity contribution in [2.45, 2.75) is 33.2 Å². The fourth-order valence-corrected chi connectivity index (χ4v) is 1.42. The maximum absolute atomic E-state index is 11.6. The third kappa shape index (κ3) is 3.85. The van der Waals surface area contributed by atoms with Crippen molar-refractivity contribution in [1.82, 2.24) is 15.3 Å². The lowest BCUT2D eigenvalue weighted by Crippen LogP contribution is -2.37. The molecule has 0 aliphatic carbocycles. The lowest BCUT2D eigenvalue weighted by molar-refractivity contribution is -0.121. The van der Waals surface area contributed by atoms with Crippen LogP contribution < -0.4 is 21.9 Å². The number of amides is 1. The number of likely N-dealkylation sites (N-methyl/N-ethyl adjacent to an activating group) is 1. The van der Waals surface area contributed by atoms with Crippen molar-refractivity contribution in [2.75, 3.05) is 17.3 Å². The Balaban J connectivity index is 2.79. The molecule has 1 unspecified atom stereocenters. The van der Waals surface area contributed by atoms with E-state index in [2.05, 4.69) is 26.0 Å². The molecule has 1 aromatic rings. The van der Waals surface area contributed by atoms with Gasteiger partial charge in [-0.3, -0.25) is 4.79 Å². The minimum Gasteiger partial charge on any atom is -0.358 e. The topological polar surface area (TPSA) is 105 Å². The number of carbonyl (C=O) groups is 1. The molecule has 0 aromatic carbocycles. The molecule has 0 bridgehead atoms. The van der Waals surface area contributed by atoms with Crippen molar-refractivity contribution in [2.24, 2.45) is 5.84 Å². The number of nitrogens with zero attached hydrogens (tertiary/aromatic N) is 2. The van der Waals surface area contributed by atoms with Crippen molar-refractivity contribution in [1.29, 1.82) is 0 Å². The first kappa shape index (κ1) is 14.2. The lowest BCUT2D eigenvalue weighted by Gasteiger charge is -2.15. The van der Waals surface area contributed by atoms with E-state index in [0.29, 0.717) is 30.4 Å². The molecule has 18 heavy (non-hydrogen) atoms. The largest absolute Gasteiger partial charge is 0.358 e. The zero-order valence-corrected chi connectivity index (χ0v) is 10.9. The Morgan fingerprint density at radius 2 is 2.06 bits per heavy atom. The molecule has 0 saturated heterocycles. The Hall–Kier alpha value is -1.89. The number of hydrogen-bond acceptors (Lipinski definition) is 6. The van der Waals surface area contributed by atoms with Crippen LogP contribution in [0.25, 0.3) is 0 Å². The number of nitrogen functional groups attached to an aromatic ring is 1. The fraction of sp³-hybridized carbons (Fsp3) is 0.545. The van der Waals surface area contributed by atoms with Gasteiger partial charge in [0, 0.05) is 19.0 Å². The Morgan fingerprint density at radius 1 is 1.39 bits per heavy atom. The summed E-state index contributed by atoms with van der Waals surface area (Å²) >= 11 is 0. The minimum absolute atomic E-state index is 0.0728. The van der Waals surface area contributed by atoms with E-state index in [4.69, 9.17) is 5.84 Å². The van der Waals surface area contributed by atoms with E-state index in [1.54, 1.807) is 13.0 Å². The molecule has 5 N–H and O–H groups in total. The molecule has 1 rings (SSSR count). The molecule has 0 radical (unpaired) electrons. The molecule has 0 spiro atoms. The predicted molar refractivity (Wildman–Crippen MR) is 71.0 cm³/mol. The SMILES string of the molecule is CCNC(=O)C(C)Nc1cc(NN)nc(CC)n1. The summed E-state index contributed by atoms with van der Waals surface area (Å²) < 4.78 is 0. The van der Waals surface area contributed by atoms with E-state index in [0.717, 1.165) is 0 Å². The highest BCUT2D eigenvalue weighted by Gasteiger charge is 2.12. The van der Waals surface area contributed by atoms with E-state index in [1.165, 1.54) is 0 Å². The van der Waals surface area contributed by atoms with Gasteiger partial charge in [0.15, 0.2) is 0 Å². The zero-order chi connectivity index (χ0) is 13.5. The maximum atomic E-state index is 11.6. The van der Waals surface area contributed by atoms with Crippen LogP contribution >= 0.6 is 0 Å². The van der Waals surface area contributed by atoms with Crippen molar-refractivity contribution in [3.05, 3.63) is 11.9 Å². The average Bonchev–Trinajstić information content (AvgIpc) is 2.38. The second kappa shape index (κ2) is 6.75. The summed E-state index contributed by atoms with van der Waals surface area (Å²) in [5.74, 6) is 7.02. The van der Waals surface area contributed by atoms with Gasteiger partial charge in [0.2, 0.25) is 5.91 Å². The van der Waals surface area contributed by atoms with E-state index in [-0.39, 0.29) is 11.9 Å². The Morgan fingerprint density at radius 3 is 2.61 bits per heavy atom. The number of nitrogens with one attached hydrogen (secondary N) is 3. The molecule has 7 heteroatoms. The Labute approximate surface area is 107 Å². The van der Waals surface area contributed by atoms with Gasteiger partial charge in [-0.1, -0.05) is 6.92 Å². The molecule has 7 nitrogen and oxygen atoms in total. The number of anilines is 2. The lowest BCUT2D eigenvalue weighted by atomic mass is 10.3.